The minimum absolute atomic E-state index is 0.0985. The van der Waals surface area contributed by atoms with Crippen LogP contribution in [0.15, 0.2) is 36.4 Å². The fourth-order valence-corrected chi connectivity index (χ4v) is 4.12. The Morgan fingerprint density at radius 3 is 2.62 bits per heavy atom. The minimum Gasteiger partial charge on any atom is -0.308 e. The molecule has 3 heterocycles. The zero-order valence-electron chi connectivity index (χ0n) is 18.7. The van der Waals surface area contributed by atoms with Gasteiger partial charge in [-0.05, 0) is 38.8 Å². The standard InChI is InChI=1S/C24H23F3N6O/c1-13-9-20(31-32(13)11-16-5-3-4-6-18(16)25)29-21(34)12-33-24-22(14(2)30-33)17(23(26)27)10-19(28-24)15-7-8-15/h3-6,9-10,15,23H,7-8,11-12H2,1-2H3,(H,29,31,34). The van der Waals surface area contributed by atoms with E-state index in [0.29, 0.717) is 22.8 Å². The maximum atomic E-state index is 14.0. The SMILES string of the molecule is Cc1nn(CC(=O)Nc2cc(C)n(Cc3ccccc3F)n2)c2nc(C3CC3)cc(C(F)F)c12. The van der Waals surface area contributed by atoms with Crippen LogP contribution in [0.5, 0.6) is 0 Å². The zero-order chi connectivity index (χ0) is 24.0. The molecule has 1 amide bonds. The van der Waals surface area contributed by atoms with Crippen molar-refractivity contribution in [1.29, 1.82) is 0 Å². The van der Waals surface area contributed by atoms with Crippen molar-refractivity contribution in [3.63, 3.8) is 0 Å². The van der Waals surface area contributed by atoms with Gasteiger partial charge in [0.1, 0.15) is 12.4 Å². The number of amides is 1. The number of fused-ring (bicyclic) bond motifs is 1. The Labute approximate surface area is 193 Å². The first-order chi connectivity index (χ1) is 16.3. The summed E-state index contributed by atoms with van der Waals surface area (Å²) in [7, 11) is 0. The van der Waals surface area contributed by atoms with E-state index in [0.717, 1.165) is 18.5 Å². The summed E-state index contributed by atoms with van der Waals surface area (Å²) in [6, 6.07) is 9.58. The highest BCUT2D eigenvalue weighted by molar-refractivity contribution is 5.91. The van der Waals surface area contributed by atoms with E-state index in [4.69, 9.17) is 0 Å². The van der Waals surface area contributed by atoms with Crippen LogP contribution in [0.25, 0.3) is 11.0 Å². The van der Waals surface area contributed by atoms with E-state index in [2.05, 4.69) is 20.5 Å². The van der Waals surface area contributed by atoms with Gasteiger partial charge in [0, 0.05) is 34.5 Å². The number of benzene rings is 1. The summed E-state index contributed by atoms with van der Waals surface area (Å²) in [6.07, 6.45) is -0.817. The highest BCUT2D eigenvalue weighted by Crippen LogP contribution is 2.41. The zero-order valence-corrected chi connectivity index (χ0v) is 18.7. The highest BCUT2D eigenvalue weighted by atomic mass is 19.3. The lowest BCUT2D eigenvalue weighted by molar-refractivity contribution is -0.116. The van der Waals surface area contributed by atoms with Crippen molar-refractivity contribution in [1.82, 2.24) is 24.5 Å². The van der Waals surface area contributed by atoms with E-state index in [1.807, 2.05) is 6.92 Å². The second kappa shape index (κ2) is 8.58. The largest absolute Gasteiger partial charge is 0.308 e. The quantitative estimate of drug-likeness (QED) is 0.419. The normalized spacial score (nSPS) is 13.7. The van der Waals surface area contributed by atoms with Crippen molar-refractivity contribution < 1.29 is 18.0 Å². The molecule has 0 unspecified atom stereocenters. The monoisotopic (exact) mass is 468 g/mol. The van der Waals surface area contributed by atoms with Crippen LogP contribution < -0.4 is 5.32 Å². The van der Waals surface area contributed by atoms with Crippen LogP contribution in [-0.2, 0) is 17.9 Å². The first kappa shape index (κ1) is 22.1. The van der Waals surface area contributed by atoms with Gasteiger partial charge in [-0.1, -0.05) is 18.2 Å². The lowest BCUT2D eigenvalue weighted by atomic mass is 10.1. The fourth-order valence-electron chi connectivity index (χ4n) is 4.12. The molecule has 1 aromatic carbocycles. The van der Waals surface area contributed by atoms with Gasteiger partial charge >= 0.3 is 0 Å². The maximum Gasteiger partial charge on any atom is 0.264 e. The van der Waals surface area contributed by atoms with Crippen LogP contribution in [0, 0.1) is 19.7 Å². The number of nitrogens with zero attached hydrogens (tertiary/aromatic N) is 5. The van der Waals surface area contributed by atoms with Crippen LogP contribution >= 0.6 is 0 Å². The summed E-state index contributed by atoms with van der Waals surface area (Å²) in [5.41, 5.74) is 2.44. The number of carbonyl (C=O) groups excluding carboxylic acids is 1. The smallest absolute Gasteiger partial charge is 0.264 e. The van der Waals surface area contributed by atoms with Gasteiger partial charge in [-0.3, -0.25) is 9.48 Å². The summed E-state index contributed by atoms with van der Waals surface area (Å²) >= 11 is 0. The number of nitrogens with one attached hydrogen (secondary N) is 1. The first-order valence-electron chi connectivity index (χ1n) is 11.0. The molecule has 1 N–H and O–H groups in total. The number of aromatic nitrogens is 5. The molecule has 7 nitrogen and oxygen atoms in total. The number of halogens is 3. The third kappa shape index (κ3) is 4.27. The van der Waals surface area contributed by atoms with Gasteiger partial charge in [0.15, 0.2) is 11.5 Å². The molecule has 176 valence electrons. The molecule has 0 saturated heterocycles. The average molecular weight is 468 g/mol. The van der Waals surface area contributed by atoms with E-state index in [9.17, 15) is 18.0 Å². The van der Waals surface area contributed by atoms with Gasteiger partial charge < -0.3 is 5.32 Å². The topological polar surface area (TPSA) is 77.6 Å². The van der Waals surface area contributed by atoms with Crippen LogP contribution in [-0.4, -0.2) is 30.5 Å². The molecule has 1 fully saturated rings. The molecule has 5 rings (SSSR count). The second-order valence-corrected chi connectivity index (χ2v) is 8.62. The Morgan fingerprint density at radius 1 is 1.15 bits per heavy atom. The molecule has 0 radical (unpaired) electrons. The average Bonchev–Trinajstić information content (AvgIpc) is 3.52. The maximum absolute atomic E-state index is 14.0. The van der Waals surface area contributed by atoms with Gasteiger partial charge in [0.2, 0.25) is 5.91 Å². The van der Waals surface area contributed by atoms with Crippen LogP contribution in [0.1, 0.15) is 53.4 Å². The van der Waals surface area contributed by atoms with Crippen molar-refractivity contribution in [2.45, 2.75) is 52.1 Å². The minimum atomic E-state index is -2.66. The van der Waals surface area contributed by atoms with Gasteiger partial charge in [-0.25, -0.2) is 22.8 Å². The molecule has 3 aromatic heterocycles. The number of rotatable bonds is 7. The van der Waals surface area contributed by atoms with Gasteiger partial charge in [-0.15, -0.1) is 0 Å². The number of anilines is 1. The van der Waals surface area contributed by atoms with Crippen molar-refractivity contribution in [3.05, 3.63) is 70.4 Å². The molecule has 1 aliphatic carbocycles. The van der Waals surface area contributed by atoms with Gasteiger partial charge in [0.05, 0.1) is 17.6 Å². The molecule has 0 aliphatic heterocycles. The first-order valence-corrected chi connectivity index (χ1v) is 11.0. The number of aryl methyl sites for hydroxylation is 2. The van der Waals surface area contributed by atoms with Crippen molar-refractivity contribution in [3.8, 4) is 0 Å². The van der Waals surface area contributed by atoms with Crippen LogP contribution in [0.4, 0.5) is 19.0 Å². The number of carbonyl (C=O) groups is 1. The second-order valence-electron chi connectivity index (χ2n) is 8.62. The van der Waals surface area contributed by atoms with E-state index >= 15 is 0 Å². The summed E-state index contributed by atoms with van der Waals surface area (Å²) in [4.78, 5) is 17.3. The number of hydrogen-bond acceptors (Lipinski definition) is 4. The predicted molar refractivity (Wildman–Crippen MR) is 120 cm³/mol. The summed E-state index contributed by atoms with van der Waals surface area (Å²) in [5.74, 6) is -0.255. The summed E-state index contributed by atoms with van der Waals surface area (Å²) < 4.78 is 44.4. The van der Waals surface area contributed by atoms with E-state index in [-0.39, 0.29) is 41.4 Å². The van der Waals surface area contributed by atoms with Crippen molar-refractivity contribution in [2.75, 3.05) is 5.32 Å². The summed E-state index contributed by atoms with van der Waals surface area (Å²) in [5, 5.41) is 11.7. The molecule has 10 heteroatoms. The third-order valence-corrected chi connectivity index (χ3v) is 5.98. The molecular formula is C24H23F3N6O. The Morgan fingerprint density at radius 2 is 1.91 bits per heavy atom. The van der Waals surface area contributed by atoms with Crippen LogP contribution in [0.3, 0.4) is 0 Å². The lowest BCUT2D eigenvalue weighted by Crippen LogP contribution is -2.20. The predicted octanol–water partition coefficient (Wildman–Crippen LogP) is 4.89. The molecule has 0 atom stereocenters. The van der Waals surface area contributed by atoms with E-state index in [1.165, 1.54) is 16.8 Å². The van der Waals surface area contributed by atoms with Crippen LogP contribution in [0.2, 0.25) is 0 Å². The molecule has 4 aromatic rings. The number of hydrogen-bond donors (Lipinski definition) is 1. The molecular weight excluding hydrogens is 445 g/mol. The lowest BCUT2D eigenvalue weighted by Gasteiger charge is -2.08. The molecule has 1 saturated carbocycles. The number of alkyl halides is 2. The third-order valence-electron chi connectivity index (χ3n) is 5.98. The molecule has 1 aliphatic rings. The molecule has 34 heavy (non-hydrogen) atoms. The fraction of sp³-hybridized carbons (Fsp3) is 0.333. The Hall–Kier alpha value is -3.69. The Bertz CT molecular complexity index is 1390. The van der Waals surface area contributed by atoms with E-state index in [1.54, 1.807) is 35.9 Å². The number of pyridine rings is 1. The Kier molecular flexibility index (Phi) is 5.59. The van der Waals surface area contributed by atoms with Gasteiger partial charge in [-0.2, -0.15) is 10.2 Å². The highest BCUT2D eigenvalue weighted by Gasteiger charge is 2.29. The molecule has 0 bridgehead atoms. The Balaban J connectivity index is 1.37. The van der Waals surface area contributed by atoms with E-state index < -0.39 is 12.3 Å². The van der Waals surface area contributed by atoms with Gasteiger partial charge in [0.25, 0.3) is 6.43 Å². The van der Waals surface area contributed by atoms with Crippen molar-refractivity contribution >= 4 is 22.8 Å². The van der Waals surface area contributed by atoms with Crippen molar-refractivity contribution in [2.24, 2.45) is 0 Å². The summed E-state index contributed by atoms with van der Waals surface area (Å²) in [6.45, 7) is 3.47. The molecule has 0 spiro atoms.